The van der Waals surface area contributed by atoms with Crippen molar-refractivity contribution in [2.24, 2.45) is 4.99 Å². The van der Waals surface area contributed by atoms with Crippen LogP contribution in [0.15, 0.2) is 71.4 Å². The van der Waals surface area contributed by atoms with Crippen LogP contribution in [0.25, 0.3) is 6.08 Å². The van der Waals surface area contributed by atoms with Crippen LogP contribution in [0.1, 0.15) is 27.0 Å². The molecule has 0 fully saturated rings. The molecule has 0 spiro atoms. The Kier molecular flexibility index (Phi) is 5.47. The first kappa shape index (κ1) is 21.3. The van der Waals surface area contributed by atoms with Crippen molar-refractivity contribution in [1.29, 1.82) is 0 Å². The van der Waals surface area contributed by atoms with Crippen molar-refractivity contribution in [3.05, 3.63) is 88.6 Å². The molecular weight excluding hydrogens is 438 g/mol. The average molecular weight is 457 g/mol. The minimum Gasteiger partial charge on any atom is -0.493 e. The second-order valence-electron chi connectivity index (χ2n) is 7.57. The largest absolute Gasteiger partial charge is 0.493 e. The van der Waals surface area contributed by atoms with E-state index in [9.17, 15) is 9.59 Å². The molecule has 3 aromatic carbocycles. The summed E-state index contributed by atoms with van der Waals surface area (Å²) < 4.78 is 26.8. The molecule has 0 aliphatic carbocycles. The fraction of sp³-hybridized carbons (Fsp3) is 0.115. The number of rotatable bonds is 5. The summed E-state index contributed by atoms with van der Waals surface area (Å²) in [5.41, 5.74) is 2.85. The van der Waals surface area contributed by atoms with Gasteiger partial charge in [-0.25, -0.2) is 14.6 Å². The molecule has 3 aromatic rings. The number of fused-ring (bicyclic) bond motifs is 1. The van der Waals surface area contributed by atoms with Crippen LogP contribution in [0.3, 0.4) is 0 Å². The van der Waals surface area contributed by atoms with E-state index in [1.165, 1.54) is 7.11 Å². The Morgan fingerprint density at radius 1 is 1.00 bits per heavy atom. The van der Waals surface area contributed by atoms with Crippen LogP contribution in [0.2, 0.25) is 0 Å². The quantitative estimate of drug-likeness (QED) is 0.320. The fourth-order valence-corrected chi connectivity index (χ4v) is 3.51. The van der Waals surface area contributed by atoms with Gasteiger partial charge in [-0.2, -0.15) is 0 Å². The molecule has 0 saturated heterocycles. The second-order valence-corrected chi connectivity index (χ2v) is 7.57. The van der Waals surface area contributed by atoms with Gasteiger partial charge in [-0.3, -0.25) is 0 Å². The van der Waals surface area contributed by atoms with Crippen molar-refractivity contribution in [3.63, 3.8) is 0 Å². The van der Waals surface area contributed by atoms with Crippen molar-refractivity contribution in [3.8, 4) is 23.0 Å². The summed E-state index contributed by atoms with van der Waals surface area (Å²) in [5.74, 6) is 0.731. The highest BCUT2D eigenvalue weighted by molar-refractivity contribution is 6.12. The number of ether oxygens (including phenoxy) is 5. The van der Waals surface area contributed by atoms with E-state index in [4.69, 9.17) is 23.7 Å². The number of carbonyl (C=O) groups is 2. The molecule has 0 N–H and O–H groups in total. The van der Waals surface area contributed by atoms with Crippen molar-refractivity contribution in [1.82, 2.24) is 0 Å². The third-order valence-corrected chi connectivity index (χ3v) is 5.19. The van der Waals surface area contributed by atoms with Crippen LogP contribution in [0.4, 0.5) is 0 Å². The molecule has 0 aromatic heterocycles. The van der Waals surface area contributed by atoms with Crippen LogP contribution >= 0.6 is 0 Å². The third kappa shape index (κ3) is 4.21. The molecular formula is C26H19NO7. The normalized spacial score (nSPS) is 15.2. The van der Waals surface area contributed by atoms with Gasteiger partial charge in [0, 0.05) is 5.56 Å². The standard InChI is InChI=1S/C26H19NO7/c1-15-4-3-5-17(10-15)24-27-19(26(29)34-24)11-16-6-8-21(22(12-16)30-2)33-25(28)18-7-9-20-23(13-18)32-14-31-20/h3-13H,14H2,1-2H3/b19-11-. The van der Waals surface area contributed by atoms with E-state index in [-0.39, 0.29) is 24.1 Å². The van der Waals surface area contributed by atoms with Crippen molar-refractivity contribution >= 4 is 23.9 Å². The summed E-state index contributed by atoms with van der Waals surface area (Å²) in [4.78, 5) is 29.3. The summed E-state index contributed by atoms with van der Waals surface area (Å²) in [7, 11) is 1.46. The Labute approximate surface area is 195 Å². The zero-order chi connectivity index (χ0) is 23.7. The topological polar surface area (TPSA) is 92.7 Å². The van der Waals surface area contributed by atoms with Crippen LogP contribution in [-0.2, 0) is 9.53 Å². The molecule has 2 heterocycles. The van der Waals surface area contributed by atoms with Gasteiger partial charge in [0.05, 0.1) is 12.7 Å². The molecule has 2 aliphatic rings. The Morgan fingerprint density at radius 3 is 2.68 bits per heavy atom. The zero-order valence-electron chi connectivity index (χ0n) is 18.4. The predicted molar refractivity (Wildman–Crippen MR) is 122 cm³/mol. The van der Waals surface area contributed by atoms with Crippen molar-refractivity contribution < 1.29 is 33.3 Å². The number of benzene rings is 3. The smallest absolute Gasteiger partial charge is 0.363 e. The van der Waals surface area contributed by atoms with E-state index >= 15 is 0 Å². The highest BCUT2D eigenvalue weighted by Crippen LogP contribution is 2.34. The number of methoxy groups -OCH3 is 1. The van der Waals surface area contributed by atoms with Gasteiger partial charge in [0.15, 0.2) is 28.7 Å². The Balaban J connectivity index is 1.37. The van der Waals surface area contributed by atoms with Crippen LogP contribution < -0.4 is 18.9 Å². The third-order valence-electron chi connectivity index (χ3n) is 5.19. The Hall–Kier alpha value is -4.59. The van der Waals surface area contributed by atoms with Gasteiger partial charge >= 0.3 is 11.9 Å². The van der Waals surface area contributed by atoms with E-state index < -0.39 is 11.9 Å². The monoisotopic (exact) mass is 457 g/mol. The molecule has 170 valence electrons. The van der Waals surface area contributed by atoms with Crippen LogP contribution in [-0.4, -0.2) is 31.7 Å². The van der Waals surface area contributed by atoms with E-state index in [2.05, 4.69) is 4.99 Å². The first-order valence-corrected chi connectivity index (χ1v) is 10.4. The summed E-state index contributed by atoms with van der Waals surface area (Å²) in [5, 5.41) is 0. The molecule has 8 heteroatoms. The number of hydrogen-bond acceptors (Lipinski definition) is 8. The minimum absolute atomic E-state index is 0.114. The average Bonchev–Trinajstić information content (AvgIpc) is 3.46. The summed E-state index contributed by atoms with van der Waals surface area (Å²) in [6, 6.07) is 17.3. The van der Waals surface area contributed by atoms with Gasteiger partial charge in [-0.1, -0.05) is 23.8 Å². The molecule has 5 rings (SSSR count). The van der Waals surface area contributed by atoms with Crippen molar-refractivity contribution in [2.45, 2.75) is 6.92 Å². The van der Waals surface area contributed by atoms with Gasteiger partial charge in [-0.15, -0.1) is 0 Å². The summed E-state index contributed by atoms with van der Waals surface area (Å²) in [6.07, 6.45) is 1.58. The molecule has 0 bridgehead atoms. The van der Waals surface area contributed by atoms with Gasteiger partial charge in [0.1, 0.15) is 0 Å². The molecule has 8 nitrogen and oxygen atoms in total. The van der Waals surface area contributed by atoms with Gasteiger partial charge in [0.25, 0.3) is 0 Å². The van der Waals surface area contributed by atoms with Crippen molar-refractivity contribution in [2.75, 3.05) is 13.9 Å². The number of esters is 2. The lowest BCUT2D eigenvalue weighted by Gasteiger charge is -2.10. The minimum atomic E-state index is -0.575. The number of carbonyl (C=O) groups excluding carboxylic acids is 2. The second kappa shape index (κ2) is 8.74. The molecule has 2 aliphatic heterocycles. The molecule has 0 atom stereocenters. The number of hydrogen-bond donors (Lipinski definition) is 0. The van der Waals surface area contributed by atoms with Gasteiger partial charge in [0.2, 0.25) is 12.7 Å². The van der Waals surface area contributed by atoms with E-state index in [0.29, 0.717) is 28.4 Å². The molecule has 34 heavy (non-hydrogen) atoms. The van der Waals surface area contributed by atoms with E-state index in [1.54, 1.807) is 42.5 Å². The maximum absolute atomic E-state index is 12.6. The molecule has 0 amide bonds. The molecule has 0 unspecified atom stereocenters. The molecule has 0 saturated carbocycles. The maximum atomic E-state index is 12.6. The number of aryl methyl sites for hydroxylation is 1. The number of nitrogens with zero attached hydrogens (tertiary/aromatic N) is 1. The zero-order valence-corrected chi connectivity index (χ0v) is 18.4. The first-order chi connectivity index (χ1) is 16.5. The Bertz CT molecular complexity index is 1370. The van der Waals surface area contributed by atoms with E-state index in [1.807, 2.05) is 31.2 Å². The lowest BCUT2D eigenvalue weighted by atomic mass is 10.1. The lowest BCUT2D eigenvalue weighted by Crippen LogP contribution is -2.09. The lowest BCUT2D eigenvalue weighted by molar-refractivity contribution is -0.129. The molecule has 0 radical (unpaired) electrons. The highest BCUT2D eigenvalue weighted by Gasteiger charge is 2.24. The fourth-order valence-electron chi connectivity index (χ4n) is 3.51. The number of cyclic esters (lactones) is 1. The SMILES string of the molecule is COc1cc(/C=C2\N=C(c3cccc(C)c3)OC2=O)ccc1OC(=O)c1ccc2c(c1)OCO2. The predicted octanol–water partition coefficient (Wildman–Crippen LogP) is 4.30. The maximum Gasteiger partial charge on any atom is 0.363 e. The highest BCUT2D eigenvalue weighted by atomic mass is 16.7. The van der Waals surface area contributed by atoms with E-state index in [0.717, 1.165) is 11.1 Å². The van der Waals surface area contributed by atoms with Crippen LogP contribution in [0.5, 0.6) is 23.0 Å². The van der Waals surface area contributed by atoms with Gasteiger partial charge in [-0.05, 0) is 61.0 Å². The Morgan fingerprint density at radius 2 is 1.85 bits per heavy atom. The summed E-state index contributed by atoms with van der Waals surface area (Å²) >= 11 is 0. The van der Waals surface area contributed by atoms with Crippen LogP contribution in [0, 0.1) is 6.92 Å². The first-order valence-electron chi connectivity index (χ1n) is 10.4. The van der Waals surface area contributed by atoms with Gasteiger partial charge < -0.3 is 23.7 Å². The number of aliphatic imine (C=N–C) groups is 1. The summed E-state index contributed by atoms with van der Waals surface area (Å²) in [6.45, 7) is 2.06.